The Bertz CT molecular complexity index is 683. The molecule has 28 heavy (non-hydrogen) atoms. The molecule has 3 amide bonds. The number of nitrogens with two attached hydrogens (primary N) is 1. The molecule has 1 aromatic heterocycles. The van der Waals surface area contributed by atoms with Crippen molar-refractivity contribution in [2.45, 2.75) is 37.5 Å². The van der Waals surface area contributed by atoms with Crippen LogP contribution in [-0.2, 0) is 25.6 Å². The second kappa shape index (κ2) is 11.3. The molecule has 0 aliphatic carbocycles. The molecule has 1 heterocycles. The van der Waals surface area contributed by atoms with Crippen molar-refractivity contribution in [2.75, 3.05) is 12.4 Å². The van der Waals surface area contributed by atoms with Gasteiger partial charge in [0.1, 0.15) is 18.1 Å². The number of nitrogens with one attached hydrogen (secondary N) is 4. The van der Waals surface area contributed by atoms with Crippen LogP contribution in [0.5, 0.6) is 0 Å². The van der Waals surface area contributed by atoms with E-state index in [0.29, 0.717) is 5.69 Å². The zero-order chi connectivity index (χ0) is 21.3. The normalized spacial score (nSPS) is 15.0. The van der Waals surface area contributed by atoms with Crippen LogP contribution in [0.2, 0.25) is 0 Å². The molecule has 156 valence electrons. The number of aliphatic carboxylic acids is 1. The number of rotatable bonds is 11. The number of aliphatic hydroxyl groups is 1. The number of thiol groups is 1. The zero-order valence-corrected chi connectivity index (χ0v) is 16.0. The molecule has 4 unspecified atom stereocenters. The second-order valence-electron chi connectivity index (χ2n) is 5.96. The van der Waals surface area contributed by atoms with Crippen LogP contribution in [0.15, 0.2) is 12.5 Å². The summed E-state index contributed by atoms with van der Waals surface area (Å²) >= 11 is 3.87. The fourth-order valence-corrected chi connectivity index (χ4v) is 2.30. The van der Waals surface area contributed by atoms with E-state index in [1.54, 1.807) is 0 Å². The number of carboxylic acid groups (broad SMARTS) is 1. The smallest absolute Gasteiger partial charge is 0.327 e. The van der Waals surface area contributed by atoms with Crippen molar-refractivity contribution >= 4 is 36.3 Å². The second-order valence-corrected chi connectivity index (χ2v) is 6.32. The van der Waals surface area contributed by atoms with E-state index in [4.69, 9.17) is 10.8 Å². The quantitative estimate of drug-likeness (QED) is 0.172. The van der Waals surface area contributed by atoms with Crippen LogP contribution < -0.4 is 21.7 Å². The summed E-state index contributed by atoms with van der Waals surface area (Å²) in [5, 5.41) is 25.3. The van der Waals surface area contributed by atoms with E-state index < -0.39 is 54.5 Å². The Balaban J connectivity index is 2.91. The molecule has 1 aromatic rings. The van der Waals surface area contributed by atoms with Gasteiger partial charge in [0.2, 0.25) is 17.7 Å². The summed E-state index contributed by atoms with van der Waals surface area (Å²) in [4.78, 5) is 54.2. The number of carbonyl (C=O) groups excluding carboxylic acids is 3. The Morgan fingerprint density at radius 2 is 1.71 bits per heavy atom. The minimum absolute atomic E-state index is 0.0319. The first-order valence-electron chi connectivity index (χ1n) is 8.28. The molecule has 0 radical (unpaired) electrons. The molecule has 12 nitrogen and oxygen atoms in total. The van der Waals surface area contributed by atoms with E-state index in [9.17, 15) is 24.3 Å². The average Bonchev–Trinajstić information content (AvgIpc) is 3.15. The van der Waals surface area contributed by atoms with E-state index >= 15 is 0 Å². The number of carbonyl (C=O) groups is 4. The lowest BCUT2D eigenvalue weighted by Gasteiger charge is -2.23. The van der Waals surface area contributed by atoms with E-state index in [2.05, 4.69) is 38.5 Å². The molecule has 8 N–H and O–H groups in total. The SMILES string of the molecule is CC(N)C(=O)NC(CO)C(=O)NC(Cc1cnc[nH]1)C(=O)NC(CS)C(=O)O. The fraction of sp³-hybridized carbons (Fsp3) is 0.533. The molecule has 0 aliphatic heterocycles. The van der Waals surface area contributed by atoms with Gasteiger partial charge in [-0.25, -0.2) is 9.78 Å². The Hall–Kier alpha value is -2.64. The fourth-order valence-electron chi connectivity index (χ4n) is 2.05. The van der Waals surface area contributed by atoms with Crippen molar-refractivity contribution in [3.8, 4) is 0 Å². The number of carboxylic acids is 1. The number of aliphatic hydroxyl groups excluding tert-OH is 1. The minimum Gasteiger partial charge on any atom is -0.480 e. The summed E-state index contributed by atoms with van der Waals surface area (Å²) in [5.74, 6) is -3.72. The number of hydrogen-bond donors (Lipinski definition) is 8. The van der Waals surface area contributed by atoms with Crippen LogP contribution in [0.3, 0.4) is 0 Å². The summed E-state index contributed by atoms with van der Waals surface area (Å²) in [6.45, 7) is 0.677. The third-order valence-electron chi connectivity index (χ3n) is 3.64. The van der Waals surface area contributed by atoms with E-state index in [-0.39, 0.29) is 12.2 Å². The molecule has 13 heteroatoms. The van der Waals surface area contributed by atoms with Crippen molar-refractivity contribution in [1.82, 2.24) is 25.9 Å². The summed E-state index contributed by atoms with van der Waals surface area (Å²) < 4.78 is 0. The van der Waals surface area contributed by atoms with Crippen molar-refractivity contribution in [2.24, 2.45) is 5.73 Å². The lowest BCUT2D eigenvalue weighted by molar-refractivity contribution is -0.141. The number of aromatic amines is 1. The minimum atomic E-state index is -1.34. The number of imidazole rings is 1. The van der Waals surface area contributed by atoms with Crippen molar-refractivity contribution in [3.63, 3.8) is 0 Å². The lowest BCUT2D eigenvalue weighted by Crippen LogP contribution is -2.58. The molecule has 0 saturated carbocycles. The molecule has 1 rings (SSSR count). The molecule has 0 spiro atoms. The monoisotopic (exact) mass is 416 g/mol. The molecule has 0 saturated heterocycles. The highest BCUT2D eigenvalue weighted by atomic mass is 32.1. The maximum absolute atomic E-state index is 12.5. The standard InChI is InChI=1S/C15H24N6O6S/c1-7(16)12(23)20-10(4-22)14(25)19-9(2-8-3-17-6-18-8)13(24)21-11(5-28)15(26)27/h3,6-7,9-11,22,28H,2,4-5,16H2,1H3,(H,17,18)(H,19,25)(H,20,23)(H,21,24)(H,26,27). The molecule has 0 bridgehead atoms. The van der Waals surface area contributed by atoms with Gasteiger partial charge in [0.05, 0.1) is 19.0 Å². The number of H-pyrrole nitrogens is 1. The third kappa shape index (κ3) is 7.17. The number of hydrogen-bond acceptors (Lipinski definition) is 8. The Morgan fingerprint density at radius 3 is 2.18 bits per heavy atom. The van der Waals surface area contributed by atoms with Crippen molar-refractivity contribution < 1.29 is 29.4 Å². The number of amides is 3. The summed E-state index contributed by atoms with van der Waals surface area (Å²) in [6.07, 6.45) is 2.77. The van der Waals surface area contributed by atoms with Gasteiger partial charge in [0.15, 0.2) is 0 Å². The molecule has 4 atom stereocenters. The highest BCUT2D eigenvalue weighted by Gasteiger charge is 2.29. The Kier molecular flexibility index (Phi) is 9.41. The van der Waals surface area contributed by atoms with Gasteiger partial charge >= 0.3 is 5.97 Å². The van der Waals surface area contributed by atoms with Crippen LogP contribution in [0.25, 0.3) is 0 Å². The number of aromatic nitrogens is 2. The van der Waals surface area contributed by atoms with Gasteiger partial charge in [-0.3, -0.25) is 14.4 Å². The van der Waals surface area contributed by atoms with E-state index in [1.165, 1.54) is 19.4 Å². The van der Waals surface area contributed by atoms with Gasteiger partial charge in [-0.05, 0) is 6.92 Å². The van der Waals surface area contributed by atoms with Crippen LogP contribution >= 0.6 is 12.6 Å². The van der Waals surface area contributed by atoms with Crippen LogP contribution in [-0.4, -0.2) is 80.4 Å². The molecule has 0 aliphatic rings. The predicted octanol–water partition coefficient (Wildman–Crippen LogP) is -3.24. The first kappa shape index (κ1) is 23.4. The topological polar surface area (TPSA) is 200 Å². The van der Waals surface area contributed by atoms with Crippen LogP contribution in [0, 0.1) is 0 Å². The molecule has 0 aromatic carbocycles. The van der Waals surface area contributed by atoms with Gasteiger partial charge in [-0.1, -0.05) is 0 Å². The average molecular weight is 416 g/mol. The summed E-state index contributed by atoms with van der Waals surface area (Å²) in [6, 6.07) is -4.70. The lowest BCUT2D eigenvalue weighted by atomic mass is 10.1. The largest absolute Gasteiger partial charge is 0.480 e. The predicted molar refractivity (Wildman–Crippen MR) is 100 cm³/mol. The summed E-state index contributed by atoms with van der Waals surface area (Å²) in [5.41, 5.74) is 5.91. The van der Waals surface area contributed by atoms with E-state index in [1.807, 2.05) is 0 Å². The zero-order valence-electron chi connectivity index (χ0n) is 15.1. The third-order valence-corrected chi connectivity index (χ3v) is 4.00. The van der Waals surface area contributed by atoms with E-state index in [0.717, 1.165) is 0 Å². The Morgan fingerprint density at radius 1 is 1.14 bits per heavy atom. The molecule has 0 fully saturated rings. The van der Waals surface area contributed by atoms with Crippen molar-refractivity contribution in [3.05, 3.63) is 18.2 Å². The van der Waals surface area contributed by atoms with Gasteiger partial charge < -0.3 is 36.9 Å². The van der Waals surface area contributed by atoms with Gasteiger partial charge in [0.25, 0.3) is 0 Å². The van der Waals surface area contributed by atoms with Crippen molar-refractivity contribution in [1.29, 1.82) is 0 Å². The van der Waals surface area contributed by atoms with Gasteiger partial charge in [-0.2, -0.15) is 12.6 Å². The van der Waals surface area contributed by atoms with Gasteiger partial charge in [0, 0.05) is 24.1 Å². The van der Waals surface area contributed by atoms with Gasteiger partial charge in [-0.15, -0.1) is 0 Å². The Labute approximate surface area is 166 Å². The number of nitrogens with zero attached hydrogens (tertiary/aromatic N) is 1. The first-order valence-corrected chi connectivity index (χ1v) is 8.91. The maximum atomic E-state index is 12.5. The highest BCUT2D eigenvalue weighted by molar-refractivity contribution is 7.80. The first-order chi connectivity index (χ1) is 13.2. The highest BCUT2D eigenvalue weighted by Crippen LogP contribution is 2.02. The van der Waals surface area contributed by atoms with Crippen LogP contribution in [0.4, 0.5) is 0 Å². The maximum Gasteiger partial charge on any atom is 0.327 e. The summed E-state index contributed by atoms with van der Waals surface area (Å²) in [7, 11) is 0. The molecular formula is C15H24N6O6S. The van der Waals surface area contributed by atoms with Crippen LogP contribution in [0.1, 0.15) is 12.6 Å². The molecular weight excluding hydrogens is 392 g/mol.